The summed E-state index contributed by atoms with van der Waals surface area (Å²) in [6.45, 7) is 6.98. The number of likely N-dealkylation sites (tertiary alicyclic amines) is 1. The molecule has 1 aliphatic heterocycles. The number of alkyl halides is 3. The van der Waals surface area contributed by atoms with Crippen molar-refractivity contribution >= 4 is 5.97 Å². The SMILES string of the molecule is Cn1ncc(C(F)(F)F)c1CN1C[C@H](C(=O)O)C[C@H](C(C)(C)C)C1. The maximum Gasteiger partial charge on any atom is 0.419 e. The number of carbonyl (C=O) groups is 1. The van der Waals surface area contributed by atoms with Crippen LogP contribution in [0.25, 0.3) is 0 Å². The fourth-order valence-corrected chi connectivity index (χ4v) is 3.22. The molecule has 8 heteroatoms. The van der Waals surface area contributed by atoms with E-state index in [1.807, 2.05) is 25.7 Å². The van der Waals surface area contributed by atoms with Gasteiger partial charge < -0.3 is 5.11 Å². The molecule has 1 aromatic rings. The standard InChI is InChI=1S/C16H24F3N3O2/c1-15(2,3)11-5-10(14(23)24)7-22(8-11)9-13-12(16(17,18)19)6-20-21(13)4/h6,10-11H,5,7-9H2,1-4H3,(H,23,24)/t10-,11+/m1/s1. The lowest BCUT2D eigenvalue weighted by Gasteiger charge is -2.42. The number of piperidine rings is 1. The molecule has 5 nitrogen and oxygen atoms in total. The van der Waals surface area contributed by atoms with E-state index in [4.69, 9.17) is 0 Å². The minimum atomic E-state index is -4.46. The molecule has 1 saturated heterocycles. The van der Waals surface area contributed by atoms with Crippen LogP contribution in [0.3, 0.4) is 0 Å². The van der Waals surface area contributed by atoms with Crippen molar-refractivity contribution in [2.45, 2.75) is 39.9 Å². The monoisotopic (exact) mass is 347 g/mol. The van der Waals surface area contributed by atoms with Gasteiger partial charge in [0.25, 0.3) is 0 Å². The fraction of sp³-hybridized carbons (Fsp3) is 0.750. The molecule has 1 aromatic heterocycles. The summed E-state index contributed by atoms with van der Waals surface area (Å²) in [5.41, 5.74) is -0.790. The molecule has 1 fully saturated rings. The molecule has 0 unspecified atom stereocenters. The number of rotatable bonds is 3. The van der Waals surface area contributed by atoms with E-state index in [2.05, 4.69) is 5.10 Å². The summed E-state index contributed by atoms with van der Waals surface area (Å²) in [7, 11) is 1.48. The molecule has 2 atom stereocenters. The van der Waals surface area contributed by atoms with Gasteiger partial charge in [0, 0.05) is 26.7 Å². The molecule has 0 amide bonds. The highest BCUT2D eigenvalue weighted by molar-refractivity contribution is 5.70. The van der Waals surface area contributed by atoms with Gasteiger partial charge in [0.05, 0.1) is 23.4 Å². The molecule has 2 rings (SSSR count). The average molecular weight is 347 g/mol. The molecule has 136 valence electrons. The summed E-state index contributed by atoms with van der Waals surface area (Å²) < 4.78 is 40.6. The van der Waals surface area contributed by atoms with Crippen LogP contribution >= 0.6 is 0 Å². The van der Waals surface area contributed by atoms with Crippen molar-refractivity contribution in [1.82, 2.24) is 14.7 Å². The Hall–Kier alpha value is -1.57. The maximum atomic E-state index is 13.1. The zero-order chi connectivity index (χ0) is 18.3. The number of carboxylic acids is 1. The maximum absolute atomic E-state index is 13.1. The molecular formula is C16H24F3N3O2. The van der Waals surface area contributed by atoms with Crippen LogP contribution in [-0.4, -0.2) is 38.8 Å². The van der Waals surface area contributed by atoms with Gasteiger partial charge in [-0.25, -0.2) is 0 Å². The highest BCUT2D eigenvalue weighted by Crippen LogP contribution is 2.37. The fourth-order valence-electron chi connectivity index (χ4n) is 3.22. The van der Waals surface area contributed by atoms with Crippen molar-refractivity contribution < 1.29 is 23.1 Å². The van der Waals surface area contributed by atoms with E-state index in [-0.39, 0.29) is 30.1 Å². The minimum Gasteiger partial charge on any atom is -0.481 e. The van der Waals surface area contributed by atoms with E-state index in [0.717, 1.165) is 6.20 Å². The summed E-state index contributed by atoms with van der Waals surface area (Å²) in [6.07, 6.45) is -3.09. The van der Waals surface area contributed by atoms with E-state index < -0.39 is 23.6 Å². The van der Waals surface area contributed by atoms with Crippen molar-refractivity contribution in [2.24, 2.45) is 24.3 Å². The molecule has 2 heterocycles. The molecule has 0 aliphatic carbocycles. The van der Waals surface area contributed by atoms with Crippen LogP contribution in [-0.2, 0) is 24.6 Å². The second-order valence-electron chi connectivity index (χ2n) is 7.65. The Balaban J connectivity index is 2.25. The van der Waals surface area contributed by atoms with Gasteiger partial charge in [0.1, 0.15) is 0 Å². The molecule has 24 heavy (non-hydrogen) atoms. The van der Waals surface area contributed by atoms with Crippen LogP contribution in [0.5, 0.6) is 0 Å². The number of nitrogens with zero attached hydrogens (tertiary/aromatic N) is 3. The van der Waals surface area contributed by atoms with E-state index >= 15 is 0 Å². The topological polar surface area (TPSA) is 58.4 Å². The Morgan fingerprint density at radius 1 is 1.33 bits per heavy atom. The summed E-state index contributed by atoms with van der Waals surface area (Å²) >= 11 is 0. The van der Waals surface area contributed by atoms with E-state index in [1.54, 1.807) is 0 Å². The molecule has 0 aromatic carbocycles. The van der Waals surface area contributed by atoms with Gasteiger partial charge in [0.2, 0.25) is 0 Å². The summed E-state index contributed by atoms with van der Waals surface area (Å²) in [5, 5.41) is 13.1. The van der Waals surface area contributed by atoms with E-state index in [1.165, 1.54) is 11.7 Å². The first-order chi connectivity index (χ1) is 10.9. The normalized spacial score (nSPS) is 23.5. The number of carboxylic acid groups (broad SMARTS) is 1. The zero-order valence-electron chi connectivity index (χ0n) is 14.4. The molecule has 1 aliphatic rings. The lowest BCUT2D eigenvalue weighted by Crippen LogP contribution is -2.46. The lowest BCUT2D eigenvalue weighted by molar-refractivity contribution is -0.146. The third-order valence-electron chi connectivity index (χ3n) is 4.84. The zero-order valence-corrected chi connectivity index (χ0v) is 14.4. The molecule has 0 radical (unpaired) electrons. The minimum absolute atomic E-state index is 0.0434. The summed E-state index contributed by atoms with van der Waals surface area (Å²) in [6, 6.07) is 0. The summed E-state index contributed by atoms with van der Waals surface area (Å²) in [5.74, 6) is -1.35. The molecule has 0 spiro atoms. The average Bonchev–Trinajstić information content (AvgIpc) is 2.78. The number of halogens is 3. The van der Waals surface area contributed by atoms with Gasteiger partial charge in [-0.05, 0) is 17.8 Å². The molecule has 0 saturated carbocycles. The number of hydrogen-bond acceptors (Lipinski definition) is 3. The van der Waals surface area contributed by atoms with E-state index in [0.29, 0.717) is 13.0 Å². The first-order valence-electron chi connectivity index (χ1n) is 7.92. The van der Waals surface area contributed by atoms with Gasteiger partial charge in [-0.3, -0.25) is 14.4 Å². The summed E-state index contributed by atoms with van der Waals surface area (Å²) in [4.78, 5) is 13.3. The van der Waals surface area contributed by atoms with Gasteiger partial charge in [-0.2, -0.15) is 18.3 Å². The van der Waals surface area contributed by atoms with Gasteiger partial charge >= 0.3 is 12.1 Å². The van der Waals surface area contributed by atoms with Crippen molar-refractivity contribution in [1.29, 1.82) is 0 Å². The van der Waals surface area contributed by atoms with Crippen LogP contribution in [0.2, 0.25) is 0 Å². The predicted octanol–water partition coefficient (Wildman–Crippen LogP) is 3.01. The van der Waals surface area contributed by atoms with Crippen LogP contribution in [0.1, 0.15) is 38.4 Å². The quantitative estimate of drug-likeness (QED) is 0.913. The van der Waals surface area contributed by atoms with Crippen LogP contribution in [0, 0.1) is 17.3 Å². The highest BCUT2D eigenvalue weighted by Gasteiger charge is 2.40. The molecular weight excluding hydrogens is 323 g/mol. The van der Waals surface area contributed by atoms with Crippen molar-refractivity contribution in [3.63, 3.8) is 0 Å². The van der Waals surface area contributed by atoms with Crippen LogP contribution in [0.4, 0.5) is 13.2 Å². The Kier molecular flexibility index (Phi) is 4.99. The number of aliphatic carboxylic acids is 1. The number of aromatic nitrogens is 2. The third kappa shape index (κ3) is 4.09. The number of hydrogen-bond donors (Lipinski definition) is 1. The van der Waals surface area contributed by atoms with Crippen LogP contribution < -0.4 is 0 Å². The van der Waals surface area contributed by atoms with Crippen molar-refractivity contribution in [3.8, 4) is 0 Å². The Bertz CT molecular complexity index is 605. The lowest BCUT2D eigenvalue weighted by atomic mass is 9.73. The highest BCUT2D eigenvalue weighted by atomic mass is 19.4. The number of aryl methyl sites for hydroxylation is 1. The molecule has 1 N–H and O–H groups in total. The van der Waals surface area contributed by atoms with Gasteiger partial charge in [-0.15, -0.1) is 0 Å². The molecule has 0 bridgehead atoms. The smallest absolute Gasteiger partial charge is 0.419 e. The van der Waals surface area contributed by atoms with Crippen molar-refractivity contribution in [3.05, 3.63) is 17.5 Å². The first kappa shape index (κ1) is 18.8. The predicted molar refractivity (Wildman–Crippen MR) is 82.2 cm³/mol. The first-order valence-corrected chi connectivity index (χ1v) is 7.92. The Labute approximate surface area is 139 Å². The van der Waals surface area contributed by atoms with Crippen molar-refractivity contribution in [2.75, 3.05) is 13.1 Å². The van der Waals surface area contributed by atoms with Crippen LogP contribution in [0.15, 0.2) is 6.20 Å². The second-order valence-corrected chi connectivity index (χ2v) is 7.65. The third-order valence-corrected chi connectivity index (χ3v) is 4.84. The van der Waals surface area contributed by atoms with Gasteiger partial charge in [-0.1, -0.05) is 20.8 Å². The second kappa shape index (κ2) is 6.38. The Morgan fingerprint density at radius 2 is 1.96 bits per heavy atom. The van der Waals surface area contributed by atoms with Gasteiger partial charge in [0.15, 0.2) is 0 Å². The van der Waals surface area contributed by atoms with E-state index in [9.17, 15) is 23.1 Å². The largest absolute Gasteiger partial charge is 0.481 e. The Morgan fingerprint density at radius 3 is 2.46 bits per heavy atom.